The van der Waals surface area contributed by atoms with Crippen molar-refractivity contribution in [2.75, 3.05) is 0 Å². The number of thiophene rings is 1. The van der Waals surface area contributed by atoms with Gasteiger partial charge in [0.1, 0.15) is 0 Å². The molecule has 2 heterocycles. The zero-order valence-electron chi connectivity index (χ0n) is 14.0. The number of halogens is 2. The summed E-state index contributed by atoms with van der Waals surface area (Å²) in [7, 11) is 0. The Labute approximate surface area is 173 Å². The third-order valence-electron chi connectivity index (χ3n) is 4.39. The highest BCUT2D eigenvalue weighted by molar-refractivity contribution is 9.10. The van der Waals surface area contributed by atoms with Gasteiger partial charge in [-0.15, -0.1) is 11.3 Å². The van der Waals surface area contributed by atoms with Crippen LogP contribution in [0.25, 0.3) is 42.9 Å². The van der Waals surface area contributed by atoms with E-state index in [0.29, 0.717) is 10.8 Å². The van der Waals surface area contributed by atoms with Gasteiger partial charge in [0, 0.05) is 30.7 Å². The summed E-state index contributed by atoms with van der Waals surface area (Å²) in [5, 5.41) is 1.80. The van der Waals surface area contributed by atoms with E-state index in [1.165, 1.54) is 4.70 Å². The molecule has 0 spiro atoms. The van der Waals surface area contributed by atoms with Gasteiger partial charge in [0.05, 0.1) is 15.9 Å². The molecule has 0 saturated carbocycles. The fourth-order valence-corrected chi connectivity index (χ4v) is 5.21. The van der Waals surface area contributed by atoms with Crippen LogP contribution in [0.1, 0.15) is 0 Å². The molecule has 0 bridgehead atoms. The molecule has 0 N–H and O–H groups in total. The Kier molecular flexibility index (Phi) is 4.20. The third kappa shape index (κ3) is 3.04. The van der Waals surface area contributed by atoms with Crippen LogP contribution < -0.4 is 0 Å². The first-order chi connectivity index (χ1) is 13.2. The summed E-state index contributed by atoms with van der Waals surface area (Å²) in [4.78, 5) is 9.86. The normalized spacial score (nSPS) is 11.3. The van der Waals surface area contributed by atoms with Crippen molar-refractivity contribution in [1.82, 2.24) is 9.97 Å². The van der Waals surface area contributed by atoms with E-state index in [0.717, 1.165) is 36.9 Å². The fourth-order valence-electron chi connectivity index (χ4n) is 3.19. The van der Waals surface area contributed by atoms with E-state index in [9.17, 15) is 0 Å². The summed E-state index contributed by atoms with van der Waals surface area (Å²) in [6.07, 6.45) is 0. The van der Waals surface area contributed by atoms with Crippen LogP contribution in [-0.4, -0.2) is 9.97 Å². The SMILES string of the molecule is Clc1cc(Br)cc(-c2nc(-c3ccccc3)c3sc4ccccc4c3n2)c1. The monoisotopic (exact) mass is 450 g/mol. The summed E-state index contributed by atoms with van der Waals surface area (Å²) in [5.74, 6) is 0.674. The van der Waals surface area contributed by atoms with E-state index in [1.54, 1.807) is 11.3 Å². The lowest BCUT2D eigenvalue weighted by Crippen LogP contribution is -1.93. The average molecular weight is 452 g/mol. The molecule has 0 unspecified atom stereocenters. The predicted octanol–water partition coefficient (Wildman–Crippen LogP) is 7.59. The van der Waals surface area contributed by atoms with Gasteiger partial charge in [-0.2, -0.15) is 0 Å². The molecular weight excluding hydrogens is 440 g/mol. The minimum absolute atomic E-state index is 0.652. The third-order valence-corrected chi connectivity index (χ3v) is 6.23. The Morgan fingerprint density at radius 1 is 0.815 bits per heavy atom. The van der Waals surface area contributed by atoms with Crippen molar-refractivity contribution in [3.63, 3.8) is 0 Å². The Bertz CT molecular complexity index is 1280. The molecule has 0 aliphatic rings. The average Bonchev–Trinajstić information content (AvgIpc) is 3.06. The first kappa shape index (κ1) is 16.9. The van der Waals surface area contributed by atoms with Crippen LogP contribution in [0, 0.1) is 0 Å². The molecule has 130 valence electrons. The second-order valence-electron chi connectivity index (χ2n) is 6.20. The van der Waals surface area contributed by atoms with Crippen molar-refractivity contribution in [1.29, 1.82) is 0 Å². The molecule has 2 nitrogen and oxygen atoms in total. The summed E-state index contributed by atoms with van der Waals surface area (Å²) < 4.78 is 3.22. The lowest BCUT2D eigenvalue weighted by atomic mass is 10.1. The molecule has 0 fully saturated rings. The number of hydrogen-bond donors (Lipinski definition) is 0. The van der Waals surface area contributed by atoms with Gasteiger partial charge < -0.3 is 0 Å². The molecule has 0 aliphatic heterocycles. The molecule has 0 aliphatic carbocycles. The van der Waals surface area contributed by atoms with Gasteiger partial charge in [0.2, 0.25) is 0 Å². The minimum atomic E-state index is 0.652. The van der Waals surface area contributed by atoms with Crippen LogP contribution in [0.2, 0.25) is 5.02 Å². The summed E-state index contributed by atoms with van der Waals surface area (Å²) in [6, 6.07) is 24.4. The zero-order valence-corrected chi connectivity index (χ0v) is 17.1. The van der Waals surface area contributed by atoms with Crippen LogP contribution in [0.4, 0.5) is 0 Å². The number of benzene rings is 3. The van der Waals surface area contributed by atoms with Crippen molar-refractivity contribution >= 4 is 59.2 Å². The van der Waals surface area contributed by atoms with Crippen LogP contribution in [0.3, 0.4) is 0 Å². The number of hydrogen-bond acceptors (Lipinski definition) is 3. The van der Waals surface area contributed by atoms with Crippen LogP contribution >= 0.6 is 38.9 Å². The van der Waals surface area contributed by atoms with Crippen LogP contribution in [0.5, 0.6) is 0 Å². The number of rotatable bonds is 2. The molecule has 5 rings (SSSR count). The van der Waals surface area contributed by atoms with E-state index >= 15 is 0 Å². The predicted molar refractivity (Wildman–Crippen MR) is 119 cm³/mol. The van der Waals surface area contributed by atoms with Gasteiger partial charge in [-0.1, -0.05) is 76.1 Å². The topological polar surface area (TPSA) is 25.8 Å². The molecule has 3 aromatic carbocycles. The lowest BCUT2D eigenvalue weighted by Gasteiger charge is -2.08. The Balaban J connectivity index is 1.88. The molecular formula is C22H12BrClN2S. The van der Waals surface area contributed by atoms with Crippen molar-refractivity contribution in [2.24, 2.45) is 0 Å². The van der Waals surface area contributed by atoms with Gasteiger partial charge in [-0.25, -0.2) is 9.97 Å². The first-order valence-electron chi connectivity index (χ1n) is 8.40. The highest BCUT2D eigenvalue weighted by Crippen LogP contribution is 2.39. The van der Waals surface area contributed by atoms with Crippen LogP contribution in [0.15, 0.2) is 77.3 Å². The molecule has 0 atom stereocenters. The largest absolute Gasteiger partial charge is 0.226 e. The molecule has 5 heteroatoms. The smallest absolute Gasteiger partial charge is 0.160 e. The van der Waals surface area contributed by atoms with Crippen molar-refractivity contribution < 1.29 is 0 Å². The van der Waals surface area contributed by atoms with Gasteiger partial charge in [0.15, 0.2) is 5.82 Å². The Morgan fingerprint density at radius 2 is 1.59 bits per heavy atom. The van der Waals surface area contributed by atoms with E-state index in [1.807, 2.05) is 36.4 Å². The minimum Gasteiger partial charge on any atom is -0.226 e. The molecule has 27 heavy (non-hydrogen) atoms. The van der Waals surface area contributed by atoms with E-state index in [4.69, 9.17) is 21.6 Å². The number of aromatic nitrogens is 2. The Hall–Kier alpha value is -2.27. The second kappa shape index (κ2) is 6.71. The van der Waals surface area contributed by atoms with E-state index in [-0.39, 0.29) is 0 Å². The Morgan fingerprint density at radius 3 is 2.41 bits per heavy atom. The molecule has 5 aromatic rings. The second-order valence-corrected chi connectivity index (χ2v) is 8.60. The molecule has 0 saturated heterocycles. The van der Waals surface area contributed by atoms with E-state index < -0.39 is 0 Å². The summed E-state index contributed by atoms with van der Waals surface area (Å²) in [6.45, 7) is 0. The lowest BCUT2D eigenvalue weighted by molar-refractivity contribution is 1.24. The highest BCUT2D eigenvalue weighted by Gasteiger charge is 2.16. The van der Waals surface area contributed by atoms with Gasteiger partial charge in [0.25, 0.3) is 0 Å². The molecule has 0 amide bonds. The maximum Gasteiger partial charge on any atom is 0.160 e. The van der Waals surface area contributed by atoms with Gasteiger partial charge >= 0.3 is 0 Å². The maximum atomic E-state index is 6.27. The summed E-state index contributed by atoms with van der Waals surface area (Å²) in [5.41, 5.74) is 3.91. The van der Waals surface area contributed by atoms with Gasteiger partial charge in [-0.05, 0) is 24.3 Å². The standard InChI is InChI=1S/C22H12BrClN2S/c23-15-10-14(11-16(24)12-15)22-25-19(13-6-2-1-3-7-13)21-20(26-22)17-8-4-5-9-18(17)27-21/h1-12H. The van der Waals surface area contributed by atoms with Gasteiger partial charge in [-0.3, -0.25) is 0 Å². The van der Waals surface area contributed by atoms with E-state index in [2.05, 4.69) is 52.3 Å². The fraction of sp³-hybridized carbons (Fsp3) is 0. The first-order valence-corrected chi connectivity index (χ1v) is 10.4. The van der Waals surface area contributed by atoms with Crippen LogP contribution in [-0.2, 0) is 0 Å². The quantitative estimate of drug-likeness (QED) is 0.276. The maximum absolute atomic E-state index is 6.27. The van der Waals surface area contributed by atoms with Crippen molar-refractivity contribution in [3.05, 3.63) is 82.3 Å². The zero-order chi connectivity index (χ0) is 18.4. The number of fused-ring (bicyclic) bond motifs is 3. The molecule has 0 radical (unpaired) electrons. The number of nitrogens with zero attached hydrogens (tertiary/aromatic N) is 2. The summed E-state index contributed by atoms with van der Waals surface area (Å²) >= 11 is 11.5. The molecule has 2 aromatic heterocycles. The highest BCUT2D eigenvalue weighted by atomic mass is 79.9. The van der Waals surface area contributed by atoms with Crippen molar-refractivity contribution in [2.45, 2.75) is 0 Å². The van der Waals surface area contributed by atoms with Crippen molar-refractivity contribution in [3.8, 4) is 22.6 Å².